The van der Waals surface area contributed by atoms with Crippen molar-refractivity contribution in [2.45, 2.75) is 12.8 Å². The molecule has 0 unspecified atom stereocenters. The van der Waals surface area contributed by atoms with Gasteiger partial charge in [0.15, 0.2) is 0 Å². The molecule has 2 heterocycles. The van der Waals surface area contributed by atoms with E-state index in [-0.39, 0.29) is 5.91 Å². The fraction of sp³-hybridized carbons (Fsp3) is 0.0909. The van der Waals surface area contributed by atoms with E-state index in [9.17, 15) is 4.79 Å². The van der Waals surface area contributed by atoms with Crippen molar-refractivity contribution in [3.8, 4) is 0 Å². The lowest BCUT2D eigenvalue weighted by Gasteiger charge is -2.09. The van der Waals surface area contributed by atoms with Crippen LogP contribution in [0.3, 0.4) is 0 Å². The van der Waals surface area contributed by atoms with Gasteiger partial charge in [0.2, 0.25) is 0 Å². The molecule has 0 saturated heterocycles. The lowest BCUT2D eigenvalue weighted by atomic mass is 10.0. The van der Waals surface area contributed by atoms with Crippen LogP contribution in [0.1, 0.15) is 21.5 Å². The van der Waals surface area contributed by atoms with Gasteiger partial charge in [-0.05, 0) is 36.1 Å². The third-order valence-electron chi connectivity index (χ3n) is 4.65. The molecule has 0 radical (unpaired) electrons. The molecule has 0 spiro atoms. The second kappa shape index (κ2) is 8.05. The first-order valence-corrected chi connectivity index (χ1v) is 9.61. The number of aromatic nitrogens is 2. The first-order chi connectivity index (χ1) is 13.6. The highest BCUT2D eigenvalue weighted by molar-refractivity contribution is 6.39. The summed E-state index contributed by atoms with van der Waals surface area (Å²) in [4.78, 5) is 19.8. The number of H-pyrrole nitrogens is 1. The Morgan fingerprint density at radius 2 is 1.75 bits per heavy atom. The number of aromatic amines is 1. The van der Waals surface area contributed by atoms with Crippen LogP contribution < -0.4 is 5.32 Å². The highest BCUT2D eigenvalue weighted by Crippen LogP contribution is 2.29. The van der Waals surface area contributed by atoms with E-state index in [1.807, 2.05) is 24.4 Å². The molecule has 1 amide bonds. The first kappa shape index (κ1) is 18.5. The van der Waals surface area contributed by atoms with Gasteiger partial charge in [0.05, 0.1) is 15.7 Å². The normalized spacial score (nSPS) is 10.9. The van der Waals surface area contributed by atoms with Crippen LogP contribution in [-0.2, 0) is 12.8 Å². The summed E-state index contributed by atoms with van der Waals surface area (Å²) in [5.74, 6) is -0.280. The van der Waals surface area contributed by atoms with Gasteiger partial charge in [0.25, 0.3) is 5.91 Å². The minimum atomic E-state index is -0.280. The van der Waals surface area contributed by atoms with Crippen LogP contribution in [0, 0.1) is 0 Å². The Hall–Kier alpha value is -2.82. The summed E-state index contributed by atoms with van der Waals surface area (Å²) in [6, 6.07) is 16.0. The molecule has 0 aliphatic carbocycles. The summed E-state index contributed by atoms with van der Waals surface area (Å²) in [6.45, 7) is 0. The van der Waals surface area contributed by atoms with Crippen molar-refractivity contribution in [2.24, 2.45) is 0 Å². The van der Waals surface area contributed by atoms with Crippen molar-refractivity contribution in [1.29, 1.82) is 0 Å². The summed E-state index contributed by atoms with van der Waals surface area (Å²) >= 11 is 12.2. The minimum Gasteiger partial charge on any atom is -0.361 e. The van der Waals surface area contributed by atoms with Gasteiger partial charge in [-0.25, -0.2) is 0 Å². The molecule has 0 aliphatic heterocycles. The maximum Gasteiger partial charge on any atom is 0.255 e. The maximum atomic E-state index is 12.6. The van der Waals surface area contributed by atoms with E-state index in [1.165, 1.54) is 23.5 Å². The molecule has 2 aromatic heterocycles. The van der Waals surface area contributed by atoms with E-state index in [2.05, 4.69) is 39.6 Å². The average Bonchev–Trinajstić information content (AvgIpc) is 3.12. The molecule has 2 N–H and O–H groups in total. The molecular formula is C22H17Cl2N3O. The number of carbonyl (C=O) groups excluding carboxylic acids is 1. The van der Waals surface area contributed by atoms with Gasteiger partial charge in [0, 0.05) is 35.1 Å². The van der Waals surface area contributed by atoms with Crippen LogP contribution in [0.4, 0.5) is 5.69 Å². The molecule has 4 nitrogen and oxygen atoms in total. The Morgan fingerprint density at radius 1 is 1.00 bits per heavy atom. The lowest BCUT2D eigenvalue weighted by Crippen LogP contribution is -2.12. The molecule has 6 heteroatoms. The number of aryl methyl sites for hydroxylation is 2. The van der Waals surface area contributed by atoms with Gasteiger partial charge in [-0.15, -0.1) is 0 Å². The molecule has 4 rings (SSSR count). The molecule has 0 saturated carbocycles. The minimum absolute atomic E-state index is 0.280. The summed E-state index contributed by atoms with van der Waals surface area (Å²) in [5.41, 5.74) is 4.33. The molecule has 28 heavy (non-hydrogen) atoms. The number of halogens is 2. The average molecular weight is 410 g/mol. The zero-order valence-corrected chi connectivity index (χ0v) is 16.4. The molecule has 2 aromatic carbocycles. The Morgan fingerprint density at radius 3 is 2.50 bits per heavy atom. The number of hydrogen-bond acceptors (Lipinski definition) is 2. The van der Waals surface area contributed by atoms with Crippen LogP contribution >= 0.6 is 23.2 Å². The van der Waals surface area contributed by atoms with E-state index in [4.69, 9.17) is 23.2 Å². The fourth-order valence-corrected chi connectivity index (χ4v) is 3.63. The number of carbonyl (C=O) groups is 1. The molecule has 4 aromatic rings. The number of rotatable bonds is 5. The maximum absolute atomic E-state index is 12.6. The Bertz CT molecular complexity index is 1120. The Kier molecular flexibility index (Phi) is 5.33. The highest BCUT2D eigenvalue weighted by Gasteiger charge is 2.13. The van der Waals surface area contributed by atoms with Crippen molar-refractivity contribution in [2.75, 3.05) is 5.32 Å². The van der Waals surface area contributed by atoms with E-state index in [1.54, 1.807) is 6.07 Å². The number of amides is 1. The van der Waals surface area contributed by atoms with Gasteiger partial charge in [-0.1, -0.05) is 59.6 Å². The first-order valence-electron chi connectivity index (χ1n) is 8.86. The van der Waals surface area contributed by atoms with E-state index in [0.717, 1.165) is 23.7 Å². The van der Waals surface area contributed by atoms with Gasteiger partial charge in [-0.2, -0.15) is 0 Å². The monoisotopic (exact) mass is 409 g/mol. The third kappa shape index (κ3) is 3.88. The summed E-state index contributed by atoms with van der Waals surface area (Å²) in [7, 11) is 0. The molecular weight excluding hydrogens is 393 g/mol. The second-order valence-corrected chi connectivity index (χ2v) is 7.31. The Balaban J connectivity index is 1.53. The van der Waals surface area contributed by atoms with Crippen LogP contribution in [0.2, 0.25) is 10.0 Å². The molecule has 0 bridgehead atoms. The number of nitrogens with zero attached hydrogens (tertiary/aromatic N) is 1. The van der Waals surface area contributed by atoms with Crippen LogP contribution in [0.15, 0.2) is 67.1 Å². The fourth-order valence-electron chi connectivity index (χ4n) is 3.17. The number of anilines is 1. The predicted octanol–water partition coefficient (Wildman–Crippen LogP) is 5.91. The number of nitrogens with one attached hydrogen (secondary N) is 2. The van der Waals surface area contributed by atoms with E-state index < -0.39 is 0 Å². The smallest absolute Gasteiger partial charge is 0.255 e. The van der Waals surface area contributed by atoms with Crippen molar-refractivity contribution >= 4 is 45.7 Å². The number of hydrogen-bond donors (Lipinski definition) is 2. The van der Waals surface area contributed by atoms with Crippen LogP contribution in [-0.4, -0.2) is 15.9 Å². The van der Waals surface area contributed by atoms with Gasteiger partial charge >= 0.3 is 0 Å². The lowest BCUT2D eigenvalue weighted by molar-refractivity contribution is 0.102. The highest BCUT2D eigenvalue weighted by atomic mass is 35.5. The molecule has 0 atom stereocenters. The van der Waals surface area contributed by atoms with Gasteiger partial charge in [0.1, 0.15) is 0 Å². The Labute approximate surface area is 172 Å². The topological polar surface area (TPSA) is 57.8 Å². The van der Waals surface area contributed by atoms with Gasteiger partial charge in [-0.3, -0.25) is 9.78 Å². The van der Waals surface area contributed by atoms with Crippen LogP contribution in [0.5, 0.6) is 0 Å². The second-order valence-electron chi connectivity index (χ2n) is 6.49. The van der Waals surface area contributed by atoms with E-state index >= 15 is 0 Å². The van der Waals surface area contributed by atoms with Crippen molar-refractivity contribution in [3.63, 3.8) is 0 Å². The summed E-state index contributed by atoms with van der Waals surface area (Å²) < 4.78 is 0. The molecule has 0 aliphatic rings. The SMILES string of the molecule is O=C(Nc1c(Cl)cncc1Cl)c1ccc2c(CCc3ccccc3)c[nH]c2c1. The molecule has 140 valence electrons. The van der Waals surface area contributed by atoms with Crippen molar-refractivity contribution < 1.29 is 4.79 Å². The summed E-state index contributed by atoms with van der Waals surface area (Å²) in [6.07, 6.45) is 6.78. The zero-order valence-electron chi connectivity index (χ0n) is 14.9. The van der Waals surface area contributed by atoms with Crippen molar-refractivity contribution in [1.82, 2.24) is 9.97 Å². The number of pyridine rings is 1. The zero-order chi connectivity index (χ0) is 19.5. The predicted molar refractivity (Wildman–Crippen MR) is 114 cm³/mol. The van der Waals surface area contributed by atoms with Gasteiger partial charge < -0.3 is 10.3 Å². The standard InChI is InChI=1S/C22H17Cl2N3O/c23-18-12-25-13-19(24)21(18)27-22(28)15-8-9-17-16(11-26-20(17)10-15)7-6-14-4-2-1-3-5-14/h1-5,8-13,26H,6-7H2,(H,25,27,28). The van der Waals surface area contributed by atoms with Crippen molar-refractivity contribution in [3.05, 3.63) is 93.9 Å². The molecule has 0 fully saturated rings. The largest absolute Gasteiger partial charge is 0.361 e. The number of benzene rings is 2. The quantitative estimate of drug-likeness (QED) is 0.430. The third-order valence-corrected chi connectivity index (χ3v) is 5.22. The number of fused-ring (bicyclic) bond motifs is 1. The summed E-state index contributed by atoms with van der Waals surface area (Å²) in [5, 5.41) is 4.47. The van der Waals surface area contributed by atoms with Crippen LogP contribution in [0.25, 0.3) is 10.9 Å². The van der Waals surface area contributed by atoms with E-state index in [0.29, 0.717) is 21.3 Å².